The first-order chi connectivity index (χ1) is 7.58. The molecule has 3 nitrogen and oxygen atoms in total. The van der Waals surface area contributed by atoms with E-state index in [2.05, 4.69) is 11.8 Å². The van der Waals surface area contributed by atoms with E-state index in [1.165, 1.54) is 14.0 Å². The molecular formula is C13H12O3. The van der Waals surface area contributed by atoms with Crippen LogP contribution in [0, 0.1) is 18.8 Å². The van der Waals surface area contributed by atoms with Gasteiger partial charge in [-0.3, -0.25) is 9.59 Å². The number of ketones is 1. The van der Waals surface area contributed by atoms with Crippen LogP contribution in [0.5, 0.6) is 5.75 Å². The van der Waals surface area contributed by atoms with Crippen molar-refractivity contribution in [1.82, 2.24) is 0 Å². The second-order valence-corrected chi connectivity index (χ2v) is 3.35. The topological polar surface area (TPSA) is 43.4 Å². The van der Waals surface area contributed by atoms with Gasteiger partial charge in [-0.2, -0.15) is 0 Å². The van der Waals surface area contributed by atoms with Gasteiger partial charge in [-0.1, -0.05) is 5.92 Å². The average Bonchev–Trinajstić information content (AvgIpc) is 2.25. The number of benzene rings is 1. The number of carbonyl (C=O) groups is 2. The summed E-state index contributed by atoms with van der Waals surface area (Å²) in [5, 5.41) is 0. The molecule has 0 saturated heterocycles. The lowest BCUT2D eigenvalue weighted by Gasteiger charge is -2.06. The summed E-state index contributed by atoms with van der Waals surface area (Å²) < 4.78 is 5.08. The molecule has 0 N–H and O–H groups in total. The van der Waals surface area contributed by atoms with E-state index in [-0.39, 0.29) is 5.78 Å². The zero-order valence-corrected chi connectivity index (χ0v) is 9.46. The van der Waals surface area contributed by atoms with Crippen LogP contribution in [0.15, 0.2) is 12.1 Å². The monoisotopic (exact) mass is 216 g/mol. The molecule has 0 atom stereocenters. The van der Waals surface area contributed by atoms with Gasteiger partial charge in [0.1, 0.15) is 5.75 Å². The van der Waals surface area contributed by atoms with Crippen molar-refractivity contribution in [1.29, 1.82) is 0 Å². The molecule has 0 saturated carbocycles. The molecule has 0 amide bonds. The lowest BCUT2D eigenvalue weighted by molar-refractivity contribution is -0.111. The van der Waals surface area contributed by atoms with Crippen LogP contribution in [-0.4, -0.2) is 19.2 Å². The van der Waals surface area contributed by atoms with E-state index in [0.717, 1.165) is 5.56 Å². The molecular weight excluding hydrogens is 204 g/mol. The Bertz CT molecular complexity index is 490. The molecule has 0 aliphatic rings. The van der Waals surface area contributed by atoms with Crippen LogP contribution in [0.4, 0.5) is 0 Å². The Morgan fingerprint density at radius 1 is 1.44 bits per heavy atom. The van der Waals surface area contributed by atoms with Crippen LogP contribution in [0.25, 0.3) is 0 Å². The SMILES string of the molecule is COc1cc(C)cc(C#CC(C)=O)c1C=O. The Labute approximate surface area is 94.4 Å². The molecule has 1 aromatic rings. The molecule has 0 bridgehead atoms. The van der Waals surface area contributed by atoms with E-state index in [1.54, 1.807) is 12.1 Å². The van der Waals surface area contributed by atoms with Gasteiger partial charge >= 0.3 is 0 Å². The molecule has 1 rings (SSSR count). The molecule has 0 aliphatic carbocycles. The van der Waals surface area contributed by atoms with Gasteiger partial charge in [0.15, 0.2) is 6.29 Å². The average molecular weight is 216 g/mol. The highest BCUT2D eigenvalue weighted by atomic mass is 16.5. The Balaban J connectivity index is 3.38. The third-order valence-corrected chi connectivity index (χ3v) is 2.00. The fraction of sp³-hybridized carbons (Fsp3) is 0.231. The van der Waals surface area contributed by atoms with Gasteiger partial charge in [-0.05, 0) is 30.5 Å². The summed E-state index contributed by atoms with van der Waals surface area (Å²) in [6.45, 7) is 3.25. The number of ether oxygens (including phenoxy) is 1. The quantitative estimate of drug-likeness (QED) is 0.559. The molecule has 16 heavy (non-hydrogen) atoms. The van der Waals surface area contributed by atoms with E-state index in [0.29, 0.717) is 23.2 Å². The number of hydrogen-bond acceptors (Lipinski definition) is 3. The summed E-state index contributed by atoms with van der Waals surface area (Å²) in [4.78, 5) is 21.7. The van der Waals surface area contributed by atoms with Gasteiger partial charge in [0.25, 0.3) is 0 Å². The van der Waals surface area contributed by atoms with Crippen LogP contribution in [0.1, 0.15) is 28.4 Å². The summed E-state index contributed by atoms with van der Waals surface area (Å²) in [6, 6.07) is 3.50. The zero-order chi connectivity index (χ0) is 12.1. The molecule has 0 heterocycles. The van der Waals surface area contributed by atoms with Crippen LogP contribution in [0.3, 0.4) is 0 Å². The Kier molecular flexibility index (Phi) is 3.84. The van der Waals surface area contributed by atoms with Crippen LogP contribution < -0.4 is 4.74 Å². The minimum absolute atomic E-state index is 0.239. The third kappa shape index (κ3) is 2.71. The van der Waals surface area contributed by atoms with Gasteiger partial charge in [0.05, 0.1) is 12.7 Å². The number of hydrogen-bond donors (Lipinski definition) is 0. The van der Waals surface area contributed by atoms with E-state index in [1.807, 2.05) is 6.92 Å². The normalized spacial score (nSPS) is 8.94. The fourth-order valence-corrected chi connectivity index (χ4v) is 1.31. The van der Waals surface area contributed by atoms with Crippen molar-refractivity contribution in [3.63, 3.8) is 0 Å². The van der Waals surface area contributed by atoms with Crippen molar-refractivity contribution < 1.29 is 14.3 Å². The van der Waals surface area contributed by atoms with Crippen molar-refractivity contribution in [3.05, 3.63) is 28.8 Å². The smallest absolute Gasteiger partial charge is 0.202 e. The maximum absolute atomic E-state index is 10.9. The number of aldehydes is 1. The molecule has 0 aromatic heterocycles. The Morgan fingerprint density at radius 3 is 2.62 bits per heavy atom. The highest BCUT2D eigenvalue weighted by molar-refractivity contribution is 5.94. The maximum Gasteiger partial charge on any atom is 0.202 e. The van der Waals surface area contributed by atoms with E-state index in [9.17, 15) is 9.59 Å². The second-order valence-electron chi connectivity index (χ2n) is 3.35. The minimum Gasteiger partial charge on any atom is -0.496 e. The molecule has 0 spiro atoms. The Morgan fingerprint density at radius 2 is 2.12 bits per heavy atom. The molecule has 0 radical (unpaired) electrons. The number of rotatable bonds is 2. The minimum atomic E-state index is -0.239. The predicted molar refractivity (Wildman–Crippen MR) is 60.7 cm³/mol. The van der Waals surface area contributed by atoms with Gasteiger partial charge in [0, 0.05) is 12.5 Å². The van der Waals surface area contributed by atoms with Crippen molar-refractivity contribution in [3.8, 4) is 17.6 Å². The van der Waals surface area contributed by atoms with Crippen molar-refractivity contribution in [2.45, 2.75) is 13.8 Å². The number of aryl methyl sites for hydroxylation is 1. The molecule has 3 heteroatoms. The zero-order valence-electron chi connectivity index (χ0n) is 9.46. The third-order valence-electron chi connectivity index (χ3n) is 2.00. The lowest BCUT2D eigenvalue weighted by Crippen LogP contribution is -1.96. The lowest BCUT2D eigenvalue weighted by atomic mass is 10.0. The standard InChI is InChI=1S/C13H12O3/c1-9-6-11(5-4-10(2)15)12(8-14)13(7-9)16-3/h6-8H,1-3H3. The summed E-state index contributed by atoms with van der Waals surface area (Å²) >= 11 is 0. The van der Waals surface area contributed by atoms with Gasteiger partial charge in [-0.25, -0.2) is 0 Å². The first kappa shape index (κ1) is 12.0. The van der Waals surface area contributed by atoms with Crippen LogP contribution >= 0.6 is 0 Å². The van der Waals surface area contributed by atoms with E-state index in [4.69, 9.17) is 4.74 Å². The first-order valence-corrected chi connectivity index (χ1v) is 4.75. The second kappa shape index (κ2) is 5.13. The largest absolute Gasteiger partial charge is 0.496 e. The van der Waals surface area contributed by atoms with Crippen molar-refractivity contribution in [2.24, 2.45) is 0 Å². The molecule has 0 aliphatic heterocycles. The summed E-state index contributed by atoms with van der Waals surface area (Å²) in [5.74, 6) is 5.32. The summed E-state index contributed by atoms with van der Waals surface area (Å²) in [7, 11) is 1.49. The van der Waals surface area contributed by atoms with Crippen molar-refractivity contribution in [2.75, 3.05) is 7.11 Å². The van der Waals surface area contributed by atoms with Crippen LogP contribution in [-0.2, 0) is 4.79 Å². The summed E-state index contributed by atoms with van der Waals surface area (Å²) in [5.41, 5.74) is 1.82. The summed E-state index contributed by atoms with van der Waals surface area (Å²) in [6.07, 6.45) is 0.683. The number of Topliss-reactive ketones (excluding diaryl/α,β-unsaturated/α-hetero) is 1. The molecule has 0 fully saturated rings. The fourth-order valence-electron chi connectivity index (χ4n) is 1.31. The van der Waals surface area contributed by atoms with E-state index < -0.39 is 0 Å². The van der Waals surface area contributed by atoms with Crippen molar-refractivity contribution >= 4 is 12.1 Å². The number of methoxy groups -OCH3 is 1. The van der Waals surface area contributed by atoms with Gasteiger partial charge in [0.2, 0.25) is 5.78 Å². The maximum atomic E-state index is 10.9. The molecule has 1 aromatic carbocycles. The Hall–Kier alpha value is -2.08. The number of carbonyl (C=O) groups excluding carboxylic acids is 2. The molecule has 0 unspecified atom stereocenters. The van der Waals surface area contributed by atoms with Gasteiger partial charge < -0.3 is 4.74 Å². The predicted octanol–water partition coefficient (Wildman–Crippen LogP) is 1.76. The van der Waals surface area contributed by atoms with Gasteiger partial charge in [-0.15, -0.1) is 0 Å². The van der Waals surface area contributed by atoms with Crippen LogP contribution in [0.2, 0.25) is 0 Å². The molecule has 82 valence electrons. The highest BCUT2D eigenvalue weighted by Crippen LogP contribution is 2.22. The highest BCUT2D eigenvalue weighted by Gasteiger charge is 2.07. The first-order valence-electron chi connectivity index (χ1n) is 4.75. The van der Waals surface area contributed by atoms with E-state index >= 15 is 0 Å².